The normalized spacial score (nSPS) is 16.4. The molecule has 1 aromatic heterocycles. The van der Waals surface area contributed by atoms with E-state index in [1.807, 2.05) is 53.9 Å². The van der Waals surface area contributed by atoms with Crippen molar-refractivity contribution in [2.75, 3.05) is 20.2 Å². The number of ether oxygens (including phenoxy) is 2. The average molecular weight is 423 g/mol. The summed E-state index contributed by atoms with van der Waals surface area (Å²) in [6, 6.07) is 20.0. The molecule has 5 nitrogen and oxygen atoms in total. The number of methoxy groups -OCH3 is 1. The molecule has 0 spiro atoms. The van der Waals surface area contributed by atoms with Crippen LogP contribution in [0.15, 0.2) is 66.0 Å². The summed E-state index contributed by atoms with van der Waals surface area (Å²) < 4.78 is 11.4. The maximum absolute atomic E-state index is 12.3. The van der Waals surface area contributed by atoms with E-state index in [2.05, 4.69) is 22.3 Å². The van der Waals surface area contributed by atoms with Gasteiger partial charge in [-0.2, -0.15) is 0 Å². The number of rotatable bonds is 8. The highest BCUT2D eigenvalue weighted by Crippen LogP contribution is 2.31. The monoisotopic (exact) mass is 422 g/mol. The molecule has 3 aromatic rings. The van der Waals surface area contributed by atoms with Crippen molar-refractivity contribution in [1.29, 1.82) is 0 Å². The molecular weight excluding hydrogens is 396 g/mol. The van der Waals surface area contributed by atoms with Crippen LogP contribution in [0.5, 0.6) is 17.2 Å². The van der Waals surface area contributed by atoms with Crippen molar-refractivity contribution in [2.45, 2.75) is 25.4 Å². The lowest BCUT2D eigenvalue weighted by Crippen LogP contribution is -2.37. The molecule has 6 heteroatoms. The Bertz CT molecular complexity index is 974. The molecule has 1 aliphatic heterocycles. The number of carbonyl (C=O) groups is 1. The van der Waals surface area contributed by atoms with Crippen molar-refractivity contribution in [1.82, 2.24) is 10.2 Å². The van der Waals surface area contributed by atoms with Crippen molar-refractivity contribution >= 4 is 17.2 Å². The Morgan fingerprint density at radius 2 is 2.00 bits per heavy atom. The average Bonchev–Trinajstić information content (AvgIpc) is 3.41. The fraction of sp³-hybridized carbons (Fsp3) is 0.292. The summed E-state index contributed by atoms with van der Waals surface area (Å²) in [5, 5.41) is 5.18. The van der Waals surface area contributed by atoms with Crippen LogP contribution in [0.4, 0.5) is 0 Å². The van der Waals surface area contributed by atoms with Gasteiger partial charge >= 0.3 is 0 Å². The smallest absolute Gasteiger partial charge is 0.225 e. The minimum Gasteiger partial charge on any atom is -0.493 e. The van der Waals surface area contributed by atoms with E-state index >= 15 is 0 Å². The quantitative estimate of drug-likeness (QED) is 0.581. The van der Waals surface area contributed by atoms with Crippen molar-refractivity contribution in [2.24, 2.45) is 0 Å². The highest BCUT2D eigenvalue weighted by atomic mass is 32.1. The van der Waals surface area contributed by atoms with Crippen molar-refractivity contribution in [3.8, 4) is 17.2 Å². The maximum Gasteiger partial charge on any atom is 0.225 e. The lowest BCUT2D eigenvalue weighted by atomic mass is 10.2. The molecule has 1 atom stereocenters. The number of likely N-dealkylation sites (tertiary alicyclic amines) is 1. The molecule has 1 unspecified atom stereocenters. The van der Waals surface area contributed by atoms with E-state index in [1.54, 1.807) is 18.4 Å². The Balaban J connectivity index is 1.30. The summed E-state index contributed by atoms with van der Waals surface area (Å²) in [4.78, 5) is 15.7. The van der Waals surface area contributed by atoms with E-state index in [0.29, 0.717) is 17.9 Å². The molecule has 0 aliphatic carbocycles. The van der Waals surface area contributed by atoms with E-state index in [1.165, 1.54) is 5.56 Å². The number of amides is 1. The molecule has 0 saturated carbocycles. The van der Waals surface area contributed by atoms with Gasteiger partial charge in [0.25, 0.3) is 0 Å². The van der Waals surface area contributed by atoms with Gasteiger partial charge in [0, 0.05) is 30.6 Å². The second-order valence-corrected chi connectivity index (χ2v) is 8.48. The van der Waals surface area contributed by atoms with E-state index in [9.17, 15) is 4.79 Å². The van der Waals surface area contributed by atoms with Crippen LogP contribution in [0.1, 0.15) is 16.9 Å². The van der Waals surface area contributed by atoms with Gasteiger partial charge in [-0.3, -0.25) is 9.69 Å². The Kier molecular flexibility index (Phi) is 6.67. The molecule has 2 aromatic carbocycles. The zero-order valence-corrected chi connectivity index (χ0v) is 17.9. The van der Waals surface area contributed by atoms with Gasteiger partial charge in [-0.25, -0.2) is 0 Å². The third-order valence-electron chi connectivity index (χ3n) is 5.15. The van der Waals surface area contributed by atoms with E-state index in [0.717, 1.165) is 36.7 Å². The van der Waals surface area contributed by atoms with Gasteiger partial charge in [0.05, 0.1) is 13.5 Å². The molecule has 2 heterocycles. The third-order valence-corrected chi connectivity index (χ3v) is 6.03. The zero-order chi connectivity index (χ0) is 20.8. The fourth-order valence-electron chi connectivity index (χ4n) is 3.74. The maximum atomic E-state index is 12.3. The molecule has 156 valence electrons. The first-order valence-electron chi connectivity index (χ1n) is 10.1. The number of nitrogens with one attached hydrogen (secondary N) is 1. The van der Waals surface area contributed by atoms with Gasteiger partial charge in [-0.05, 0) is 47.7 Å². The van der Waals surface area contributed by atoms with Crippen molar-refractivity contribution in [3.63, 3.8) is 0 Å². The van der Waals surface area contributed by atoms with E-state index in [4.69, 9.17) is 9.47 Å². The second kappa shape index (κ2) is 9.78. The minimum absolute atomic E-state index is 0.108. The number of hydrogen-bond acceptors (Lipinski definition) is 5. The Morgan fingerprint density at radius 1 is 1.13 bits per heavy atom. The van der Waals surface area contributed by atoms with Crippen LogP contribution < -0.4 is 14.8 Å². The summed E-state index contributed by atoms with van der Waals surface area (Å²) in [6.45, 7) is 2.68. The third kappa shape index (κ3) is 5.40. The lowest BCUT2D eigenvalue weighted by molar-refractivity contribution is -0.121. The van der Waals surface area contributed by atoms with Gasteiger partial charge in [-0.1, -0.05) is 30.3 Å². The summed E-state index contributed by atoms with van der Waals surface area (Å²) in [5.41, 5.74) is 1.19. The Hall–Kier alpha value is -2.83. The van der Waals surface area contributed by atoms with Crippen LogP contribution in [0.25, 0.3) is 0 Å². The summed E-state index contributed by atoms with van der Waals surface area (Å²) >= 11 is 1.62. The minimum atomic E-state index is 0.108. The molecule has 0 bridgehead atoms. The van der Waals surface area contributed by atoms with Gasteiger partial charge in [0.15, 0.2) is 11.5 Å². The molecule has 30 heavy (non-hydrogen) atoms. The molecule has 1 N–H and O–H groups in total. The predicted molar refractivity (Wildman–Crippen MR) is 119 cm³/mol. The first-order valence-corrected chi connectivity index (χ1v) is 11.0. The largest absolute Gasteiger partial charge is 0.493 e. The number of thiophene rings is 1. The van der Waals surface area contributed by atoms with Crippen molar-refractivity contribution < 1.29 is 14.3 Å². The van der Waals surface area contributed by atoms with Gasteiger partial charge in [0.1, 0.15) is 5.75 Å². The highest BCUT2D eigenvalue weighted by molar-refractivity contribution is 7.10. The molecule has 0 radical (unpaired) electrons. The SMILES string of the molecule is COc1ccccc1Oc1cccc(CN2CCC(NC(=O)Cc3cccs3)C2)c1. The van der Waals surface area contributed by atoms with Gasteiger partial charge in [-0.15, -0.1) is 11.3 Å². The molecule has 1 aliphatic rings. The number of para-hydroxylation sites is 2. The van der Waals surface area contributed by atoms with Gasteiger partial charge in [0.2, 0.25) is 5.91 Å². The summed E-state index contributed by atoms with van der Waals surface area (Å²) in [7, 11) is 1.64. The fourth-order valence-corrected chi connectivity index (χ4v) is 4.44. The Morgan fingerprint density at radius 3 is 2.80 bits per heavy atom. The molecule has 1 saturated heterocycles. The standard InChI is InChI=1S/C24H26N2O3S/c1-28-22-9-2-3-10-23(22)29-20-7-4-6-18(14-20)16-26-12-11-19(17-26)25-24(27)15-21-8-5-13-30-21/h2-10,13-14,19H,11-12,15-17H2,1H3,(H,25,27). The second-order valence-electron chi connectivity index (χ2n) is 7.44. The van der Waals surface area contributed by atoms with Crippen LogP contribution >= 0.6 is 11.3 Å². The first kappa shape index (κ1) is 20.4. The first-order chi connectivity index (χ1) is 14.7. The van der Waals surface area contributed by atoms with Crippen LogP contribution in [-0.4, -0.2) is 37.0 Å². The number of nitrogens with zero attached hydrogens (tertiary/aromatic N) is 1. The summed E-state index contributed by atoms with van der Waals surface area (Å²) in [6.07, 6.45) is 1.45. The summed E-state index contributed by atoms with van der Waals surface area (Å²) in [5.74, 6) is 2.31. The predicted octanol–water partition coefficient (Wildman–Crippen LogP) is 4.48. The zero-order valence-electron chi connectivity index (χ0n) is 17.0. The van der Waals surface area contributed by atoms with E-state index in [-0.39, 0.29) is 11.9 Å². The molecule has 4 rings (SSSR count). The molecular formula is C24H26N2O3S. The van der Waals surface area contributed by atoms with Crippen molar-refractivity contribution in [3.05, 3.63) is 76.5 Å². The lowest BCUT2D eigenvalue weighted by Gasteiger charge is -2.17. The van der Waals surface area contributed by atoms with E-state index < -0.39 is 0 Å². The van der Waals surface area contributed by atoms with Crippen LogP contribution in [-0.2, 0) is 17.8 Å². The number of carbonyl (C=O) groups excluding carboxylic acids is 1. The van der Waals surface area contributed by atoms with Crippen LogP contribution in [0.2, 0.25) is 0 Å². The highest BCUT2D eigenvalue weighted by Gasteiger charge is 2.24. The van der Waals surface area contributed by atoms with Crippen LogP contribution in [0.3, 0.4) is 0 Å². The topological polar surface area (TPSA) is 50.8 Å². The van der Waals surface area contributed by atoms with Crippen LogP contribution in [0, 0.1) is 0 Å². The van der Waals surface area contributed by atoms with Gasteiger partial charge < -0.3 is 14.8 Å². The Labute approximate surface area is 181 Å². The number of benzene rings is 2. The molecule has 1 amide bonds. The molecule has 1 fully saturated rings. The number of hydrogen-bond donors (Lipinski definition) is 1.